The van der Waals surface area contributed by atoms with Gasteiger partial charge in [0.2, 0.25) is 0 Å². The highest BCUT2D eigenvalue weighted by Gasteiger charge is 2.36. The number of ketones is 1. The lowest BCUT2D eigenvalue weighted by atomic mass is 9.79. The Balaban J connectivity index is 2.06. The highest BCUT2D eigenvalue weighted by atomic mass is 16.5. The van der Waals surface area contributed by atoms with E-state index in [4.69, 9.17) is 4.74 Å². The van der Waals surface area contributed by atoms with Gasteiger partial charge in [0.05, 0.1) is 0 Å². The van der Waals surface area contributed by atoms with E-state index in [-0.39, 0.29) is 23.8 Å². The molecule has 3 nitrogen and oxygen atoms in total. The topological polar surface area (TPSA) is 43.4 Å². The lowest BCUT2D eigenvalue weighted by molar-refractivity contribution is -0.147. The summed E-state index contributed by atoms with van der Waals surface area (Å²) in [6, 6.07) is 7.87. The van der Waals surface area contributed by atoms with Crippen LogP contribution in [0.25, 0.3) is 5.57 Å². The van der Waals surface area contributed by atoms with E-state index < -0.39 is 0 Å². The largest absolute Gasteiger partial charge is 0.458 e. The molecule has 2 unspecified atom stereocenters. The van der Waals surface area contributed by atoms with Gasteiger partial charge < -0.3 is 4.74 Å². The molecule has 0 heterocycles. The predicted octanol–water partition coefficient (Wildman–Crippen LogP) is 2.67. The number of ether oxygens (including phenoxy) is 1. The molecule has 2 aliphatic rings. The number of fused-ring (bicyclic) bond motifs is 3. The van der Waals surface area contributed by atoms with Crippen molar-refractivity contribution < 1.29 is 14.3 Å². The Bertz CT molecular complexity index is 557. The summed E-state index contributed by atoms with van der Waals surface area (Å²) in [5.41, 5.74) is 3.19. The van der Waals surface area contributed by atoms with E-state index in [0.29, 0.717) is 12.8 Å². The molecule has 2 atom stereocenters. The van der Waals surface area contributed by atoms with Crippen molar-refractivity contribution in [2.45, 2.75) is 25.9 Å². The van der Waals surface area contributed by atoms with Crippen molar-refractivity contribution >= 4 is 17.3 Å². The normalized spacial score (nSPS) is 25.2. The molecule has 2 aliphatic carbocycles. The van der Waals surface area contributed by atoms with Gasteiger partial charge in [0.1, 0.15) is 6.10 Å². The van der Waals surface area contributed by atoms with E-state index in [1.807, 2.05) is 24.3 Å². The molecule has 0 saturated heterocycles. The third kappa shape index (κ3) is 1.76. The first-order chi connectivity index (χ1) is 8.65. The molecule has 1 aromatic carbocycles. The number of benzene rings is 1. The highest BCUT2D eigenvalue weighted by Crippen LogP contribution is 2.46. The van der Waals surface area contributed by atoms with E-state index in [2.05, 4.69) is 0 Å². The maximum atomic E-state index is 11.6. The van der Waals surface area contributed by atoms with Crippen LogP contribution in [0.15, 0.2) is 30.3 Å². The van der Waals surface area contributed by atoms with Crippen LogP contribution in [0.3, 0.4) is 0 Å². The molecule has 18 heavy (non-hydrogen) atoms. The molecule has 0 spiro atoms. The maximum absolute atomic E-state index is 11.6. The van der Waals surface area contributed by atoms with Crippen LogP contribution < -0.4 is 0 Å². The van der Waals surface area contributed by atoms with Gasteiger partial charge in [-0.3, -0.25) is 9.59 Å². The lowest BCUT2D eigenvalue weighted by Crippen LogP contribution is -2.19. The molecule has 0 N–H and O–H groups in total. The summed E-state index contributed by atoms with van der Waals surface area (Å²) in [6.45, 7) is 1.42. The van der Waals surface area contributed by atoms with Gasteiger partial charge in [0.25, 0.3) is 0 Å². The summed E-state index contributed by atoms with van der Waals surface area (Å²) in [5, 5.41) is 0. The quantitative estimate of drug-likeness (QED) is 0.711. The number of rotatable bonds is 1. The third-order valence-electron chi connectivity index (χ3n) is 3.63. The number of hydrogen-bond acceptors (Lipinski definition) is 3. The van der Waals surface area contributed by atoms with Crippen LogP contribution in [0.5, 0.6) is 0 Å². The second-order valence-electron chi connectivity index (χ2n) is 4.89. The minimum absolute atomic E-state index is 0.174. The summed E-state index contributed by atoms with van der Waals surface area (Å²) >= 11 is 0. The average molecular weight is 242 g/mol. The smallest absolute Gasteiger partial charge is 0.303 e. The van der Waals surface area contributed by atoms with Crippen molar-refractivity contribution in [3.05, 3.63) is 41.5 Å². The van der Waals surface area contributed by atoms with E-state index in [1.54, 1.807) is 6.08 Å². The van der Waals surface area contributed by atoms with Gasteiger partial charge in [0, 0.05) is 13.3 Å². The third-order valence-corrected chi connectivity index (χ3v) is 3.63. The molecule has 0 aliphatic heterocycles. The molecule has 0 saturated carbocycles. The molecule has 3 rings (SSSR count). The molecule has 1 aromatic rings. The maximum Gasteiger partial charge on any atom is 0.303 e. The second kappa shape index (κ2) is 4.09. The van der Waals surface area contributed by atoms with Gasteiger partial charge >= 0.3 is 5.97 Å². The van der Waals surface area contributed by atoms with Gasteiger partial charge in [-0.2, -0.15) is 0 Å². The van der Waals surface area contributed by atoms with Crippen molar-refractivity contribution in [2.24, 2.45) is 5.92 Å². The van der Waals surface area contributed by atoms with Crippen LogP contribution in [-0.4, -0.2) is 11.8 Å². The monoisotopic (exact) mass is 242 g/mol. The molecular weight excluding hydrogens is 228 g/mol. The SMILES string of the molecule is CC(=O)OC1CC2CC(=O)C=C2c2ccccc21. The molecule has 0 radical (unpaired) electrons. The Morgan fingerprint density at radius 2 is 2.11 bits per heavy atom. The Labute approximate surface area is 105 Å². The number of carbonyl (C=O) groups excluding carboxylic acids is 2. The van der Waals surface area contributed by atoms with Crippen LogP contribution in [0.4, 0.5) is 0 Å². The Kier molecular flexibility index (Phi) is 2.54. The molecule has 0 bridgehead atoms. The van der Waals surface area contributed by atoms with Crippen molar-refractivity contribution in [1.29, 1.82) is 0 Å². The fraction of sp³-hybridized carbons (Fsp3) is 0.333. The average Bonchev–Trinajstić information content (AvgIpc) is 2.69. The summed E-state index contributed by atoms with van der Waals surface area (Å²) in [6.07, 6.45) is 2.79. The lowest BCUT2D eigenvalue weighted by Gasteiger charge is -2.30. The zero-order valence-corrected chi connectivity index (χ0v) is 10.2. The number of hydrogen-bond donors (Lipinski definition) is 0. The van der Waals surface area contributed by atoms with E-state index in [1.165, 1.54) is 6.92 Å². The highest BCUT2D eigenvalue weighted by molar-refractivity contribution is 6.03. The van der Waals surface area contributed by atoms with Gasteiger partial charge in [-0.25, -0.2) is 0 Å². The zero-order chi connectivity index (χ0) is 12.7. The van der Waals surface area contributed by atoms with Crippen molar-refractivity contribution in [3.63, 3.8) is 0 Å². The number of esters is 1. The van der Waals surface area contributed by atoms with Crippen LogP contribution >= 0.6 is 0 Å². The van der Waals surface area contributed by atoms with Gasteiger partial charge in [-0.1, -0.05) is 24.3 Å². The standard InChI is InChI=1S/C15H14O3/c1-9(16)18-15-7-10-6-11(17)8-14(10)12-4-2-3-5-13(12)15/h2-5,8,10,15H,6-7H2,1H3. The number of allylic oxidation sites excluding steroid dienone is 2. The number of carbonyl (C=O) groups is 2. The summed E-state index contributed by atoms with van der Waals surface area (Å²) < 4.78 is 5.38. The molecule has 92 valence electrons. The Morgan fingerprint density at radius 3 is 2.89 bits per heavy atom. The van der Waals surface area contributed by atoms with Gasteiger partial charge in [-0.05, 0) is 35.1 Å². The molecule has 3 heteroatoms. The fourth-order valence-corrected chi connectivity index (χ4v) is 2.95. The molecule has 0 amide bonds. The fourth-order valence-electron chi connectivity index (χ4n) is 2.95. The first-order valence-corrected chi connectivity index (χ1v) is 6.16. The van der Waals surface area contributed by atoms with Crippen molar-refractivity contribution in [1.82, 2.24) is 0 Å². The first-order valence-electron chi connectivity index (χ1n) is 6.16. The predicted molar refractivity (Wildman–Crippen MR) is 66.7 cm³/mol. The van der Waals surface area contributed by atoms with Crippen LogP contribution in [-0.2, 0) is 14.3 Å². The van der Waals surface area contributed by atoms with Crippen molar-refractivity contribution in [2.75, 3.05) is 0 Å². The molecular formula is C15H14O3. The zero-order valence-electron chi connectivity index (χ0n) is 10.2. The van der Waals surface area contributed by atoms with Crippen molar-refractivity contribution in [3.8, 4) is 0 Å². The van der Waals surface area contributed by atoms with E-state index >= 15 is 0 Å². The van der Waals surface area contributed by atoms with Crippen LogP contribution in [0.1, 0.15) is 37.0 Å². The van der Waals surface area contributed by atoms with Crippen LogP contribution in [0.2, 0.25) is 0 Å². The summed E-state index contributed by atoms with van der Waals surface area (Å²) in [5.74, 6) is 0.108. The molecule has 0 fully saturated rings. The first kappa shape index (κ1) is 11.2. The van der Waals surface area contributed by atoms with E-state index in [9.17, 15) is 9.59 Å². The van der Waals surface area contributed by atoms with Gasteiger partial charge in [0.15, 0.2) is 5.78 Å². The second-order valence-corrected chi connectivity index (χ2v) is 4.89. The van der Waals surface area contributed by atoms with E-state index in [0.717, 1.165) is 16.7 Å². The Morgan fingerprint density at radius 1 is 1.33 bits per heavy atom. The summed E-state index contributed by atoms with van der Waals surface area (Å²) in [7, 11) is 0. The Hall–Kier alpha value is -1.90. The summed E-state index contributed by atoms with van der Waals surface area (Å²) in [4.78, 5) is 22.7. The minimum Gasteiger partial charge on any atom is -0.458 e. The molecule has 0 aromatic heterocycles. The van der Waals surface area contributed by atoms with Gasteiger partial charge in [-0.15, -0.1) is 0 Å². The minimum atomic E-state index is -0.272. The van der Waals surface area contributed by atoms with Crippen LogP contribution in [0, 0.1) is 5.92 Å².